The molecule has 4 fully saturated rings. The molecule has 0 N–H and O–H groups in total. The summed E-state index contributed by atoms with van der Waals surface area (Å²) in [6, 6.07) is 2.34. The van der Waals surface area contributed by atoms with Gasteiger partial charge in [0.1, 0.15) is 6.61 Å². The van der Waals surface area contributed by atoms with Crippen molar-refractivity contribution in [3.8, 4) is 5.75 Å². The molecule has 0 aromatic heterocycles. The largest absolute Gasteiger partial charge is 0.487 e. The van der Waals surface area contributed by atoms with Crippen molar-refractivity contribution in [2.75, 3.05) is 32.8 Å². The number of piperidine rings is 2. The lowest BCUT2D eigenvalue weighted by molar-refractivity contribution is -0.140. The molecule has 10 heteroatoms. The average Bonchev–Trinajstić information content (AvgIpc) is 2.78. The molecule has 1 aromatic rings. The van der Waals surface area contributed by atoms with Crippen molar-refractivity contribution in [3.05, 3.63) is 29.6 Å². The number of amides is 2. The van der Waals surface area contributed by atoms with Crippen molar-refractivity contribution in [2.24, 2.45) is 11.3 Å². The molecule has 1 saturated carbocycles. The van der Waals surface area contributed by atoms with Crippen molar-refractivity contribution in [1.29, 1.82) is 0 Å². The number of hydrogen-bond acceptors (Lipinski definition) is 4. The molecule has 0 radical (unpaired) electrons. The van der Waals surface area contributed by atoms with E-state index in [1.807, 2.05) is 9.80 Å². The van der Waals surface area contributed by atoms with Crippen LogP contribution < -0.4 is 4.74 Å². The van der Waals surface area contributed by atoms with Gasteiger partial charge in [-0.25, -0.2) is 9.18 Å². The molecule has 186 valence electrons. The minimum absolute atomic E-state index is 0.00488. The first-order valence-corrected chi connectivity index (χ1v) is 11.8. The molecule has 3 aliphatic heterocycles. The zero-order valence-corrected chi connectivity index (χ0v) is 18.8. The van der Waals surface area contributed by atoms with Crippen molar-refractivity contribution < 1.29 is 36.6 Å². The van der Waals surface area contributed by atoms with E-state index in [9.17, 15) is 27.2 Å². The van der Waals surface area contributed by atoms with Crippen molar-refractivity contribution in [2.45, 2.75) is 56.9 Å². The number of alkyl halides is 3. The van der Waals surface area contributed by atoms with E-state index in [1.165, 1.54) is 0 Å². The molecular weight excluding hydrogens is 456 g/mol. The highest BCUT2D eigenvalue weighted by atomic mass is 19.4. The Bertz CT molecular complexity index is 953. The summed E-state index contributed by atoms with van der Waals surface area (Å²) in [5, 5.41) is 0. The number of nitrogens with zero attached hydrogens (tertiary/aromatic N) is 2. The van der Waals surface area contributed by atoms with Crippen molar-refractivity contribution in [3.63, 3.8) is 0 Å². The first kappa shape index (κ1) is 23.4. The molecule has 0 unspecified atom stereocenters. The van der Waals surface area contributed by atoms with Gasteiger partial charge in [-0.3, -0.25) is 4.79 Å². The fraction of sp³-hybridized carbons (Fsp3) is 0.667. The summed E-state index contributed by atoms with van der Waals surface area (Å²) in [6.07, 6.45) is -0.526. The third-order valence-electron chi connectivity index (χ3n) is 7.85. The Morgan fingerprint density at radius 1 is 1.12 bits per heavy atom. The molecule has 1 aromatic carbocycles. The smallest absolute Gasteiger partial charge is 0.416 e. The fourth-order valence-corrected chi connectivity index (χ4v) is 5.87. The maximum atomic E-state index is 14.1. The number of halogens is 4. The van der Waals surface area contributed by atoms with Gasteiger partial charge in [0.15, 0.2) is 17.3 Å². The average molecular weight is 484 g/mol. The number of fused-ring (bicyclic) bond motifs is 1. The Hall–Kier alpha value is -2.36. The number of hydrogen-bond donors (Lipinski definition) is 0. The standard InChI is InChI=1S/C24H28F4N2O4/c25-19-10-16(24(26,27)28)1-2-21(19)34-18-11-23(12-18)4-7-29(8-5-23)22(32)30-6-3-20-15(13-30)9-17(31)14-33-20/h1-2,10,15,18,20H,3-9,11-14H2/t15-,20-/m1/s1. The minimum atomic E-state index is -4.59. The SMILES string of the molecule is O=C1CO[C@@H]2CCN(C(=O)N3CCC4(CC3)CC(Oc3ccc(C(F)(F)F)cc3F)C4)C[C@H]2C1. The van der Waals surface area contributed by atoms with Crippen LogP contribution in [0.5, 0.6) is 5.75 Å². The summed E-state index contributed by atoms with van der Waals surface area (Å²) in [4.78, 5) is 28.5. The Morgan fingerprint density at radius 3 is 2.53 bits per heavy atom. The third-order valence-corrected chi connectivity index (χ3v) is 7.85. The third kappa shape index (κ3) is 4.61. The van der Waals surface area contributed by atoms with E-state index in [2.05, 4.69) is 0 Å². The molecule has 4 aliphatic rings. The molecule has 1 aliphatic carbocycles. The van der Waals surface area contributed by atoms with Crippen LogP contribution in [0.1, 0.15) is 44.1 Å². The molecule has 6 nitrogen and oxygen atoms in total. The van der Waals surface area contributed by atoms with Gasteiger partial charge in [0, 0.05) is 38.5 Å². The van der Waals surface area contributed by atoms with Crippen LogP contribution in [-0.4, -0.2) is 66.6 Å². The van der Waals surface area contributed by atoms with Gasteiger partial charge in [0.05, 0.1) is 17.8 Å². The lowest BCUT2D eigenvalue weighted by Gasteiger charge is -2.52. The van der Waals surface area contributed by atoms with Gasteiger partial charge < -0.3 is 19.3 Å². The first-order valence-electron chi connectivity index (χ1n) is 11.8. The predicted molar refractivity (Wildman–Crippen MR) is 113 cm³/mol. The molecule has 3 saturated heterocycles. The summed E-state index contributed by atoms with van der Waals surface area (Å²) in [6.45, 7) is 2.61. The summed E-state index contributed by atoms with van der Waals surface area (Å²) >= 11 is 0. The van der Waals surface area contributed by atoms with Crippen LogP contribution in [0, 0.1) is 17.2 Å². The summed E-state index contributed by atoms with van der Waals surface area (Å²) in [7, 11) is 0. The Labute approximate surface area is 195 Å². The highest BCUT2D eigenvalue weighted by molar-refractivity contribution is 5.81. The lowest BCUT2D eigenvalue weighted by Crippen LogP contribution is -2.57. The second-order valence-corrected chi connectivity index (χ2v) is 10.1. The molecule has 3 heterocycles. The minimum Gasteiger partial charge on any atom is -0.487 e. The van der Waals surface area contributed by atoms with Crippen LogP contribution in [-0.2, 0) is 15.7 Å². The van der Waals surface area contributed by atoms with E-state index in [0.29, 0.717) is 51.5 Å². The molecule has 34 heavy (non-hydrogen) atoms. The number of carbonyl (C=O) groups excluding carboxylic acids is 2. The molecule has 2 amide bonds. The second kappa shape index (κ2) is 8.70. The van der Waals surface area contributed by atoms with Gasteiger partial charge in [-0.2, -0.15) is 13.2 Å². The molecule has 0 bridgehead atoms. The monoisotopic (exact) mass is 484 g/mol. The molecule has 5 rings (SSSR count). The predicted octanol–water partition coefficient (Wildman–Crippen LogP) is 4.27. The Kier molecular flexibility index (Phi) is 5.98. The van der Waals surface area contributed by atoms with Gasteiger partial charge in [-0.15, -0.1) is 0 Å². The molecular formula is C24H28F4N2O4. The van der Waals surface area contributed by atoms with Gasteiger partial charge in [0.25, 0.3) is 0 Å². The summed E-state index contributed by atoms with van der Waals surface area (Å²) < 4.78 is 63.5. The molecule has 2 atom stereocenters. The van der Waals surface area contributed by atoms with Gasteiger partial charge in [-0.05, 0) is 55.7 Å². The number of Topliss-reactive ketones (excluding diaryl/α,β-unsaturated/α-hetero) is 1. The number of ether oxygens (including phenoxy) is 2. The fourth-order valence-electron chi connectivity index (χ4n) is 5.87. The number of benzene rings is 1. The van der Waals surface area contributed by atoms with Crippen LogP contribution >= 0.6 is 0 Å². The Morgan fingerprint density at radius 2 is 1.85 bits per heavy atom. The number of urea groups is 1. The summed E-state index contributed by atoms with van der Waals surface area (Å²) in [5.74, 6) is -1.00. The number of likely N-dealkylation sites (tertiary alicyclic amines) is 2. The maximum Gasteiger partial charge on any atom is 0.416 e. The molecule has 1 spiro atoms. The topological polar surface area (TPSA) is 59.1 Å². The van der Waals surface area contributed by atoms with E-state index < -0.39 is 17.6 Å². The number of rotatable bonds is 2. The second-order valence-electron chi connectivity index (χ2n) is 10.1. The van der Waals surface area contributed by atoms with Crippen molar-refractivity contribution >= 4 is 11.8 Å². The van der Waals surface area contributed by atoms with E-state index in [4.69, 9.17) is 9.47 Å². The lowest BCUT2D eigenvalue weighted by atomic mass is 9.61. The van der Waals surface area contributed by atoms with Crippen molar-refractivity contribution in [1.82, 2.24) is 9.80 Å². The van der Waals surface area contributed by atoms with Gasteiger partial charge in [-0.1, -0.05) is 0 Å². The zero-order chi connectivity index (χ0) is 24.1. The quantitative estimate of drug-likeness (QED) is 0.589. The van der Waals surface area contributed by atoms with Crippen LogP contribution in [0.4, 0.5) is 22.4 Å². The van der Waals surface area contributed by atoms with Gasteiger partial charge >= 0.3 is 12.2 Å². The van der Waals surface area contributed by atoms with Crippen LogP contribution in [0.2, 0.25) is 0 Å². The highest BCUT2D eigenvalue weighted by Gasteiger charge is 2.48. The number of carbonyl (C=O) groups is 2. The maximum absolute atomic E-state index is 14.1. The zero-order valence-electron chi connectivity index (χ0n) is 18.8. The first-order chi connectivity index (χ1) is 16.1. The highest BCUT2D eigenvalue weighted by Crippen LogP contribution is 2.50. The van der Waals surface area contributed by atoms with E-state index in [-0.39, 0.29) is 47.7 Å². The summed E-state index contributed by atoms with van der Waals surface area (Å²) in [5.41, 5.74) is -1.01. The normalized spacial score (nSPS) is 27.4. The Balaban J connectivity index is 1.10. The number of ketones is 1. The van der Waals surface area contributed by atoms with E-state index >= 15 is 0 Å². The van der Waals surface area contributed by atoms with Gasteiger partial charge in [0.2, 0.25) is 0 Å². The van der Waals surface area contributed by atoms with E-state index in [1.54, 1.807) is 0 Å². The van der Waals surface area contributed by atoms with Crippen LogP contribution in [0.3, 0.4) is 0 Å². The van der Waals surface area contributed by atoms with Crippen LogP contribution in [0.15, 0.2) is 18.2 Å². The van der Waals surface area contributed by atoms with E-state index in [0.717, 1.165) is 31.4 Å². The van der Waals surface area contributed by atoms with Crippen LogP contribution in [0.25, 0.3) is 0 Å².